The molecule has 2 nitrogen and oxygen atoms in total. The molecule has 1 unspecified atom stereocenters. The molecule has 1 aliphatic rings. The predicted octanol–water partition coefficient (Wildman–Crippen LogP) is 4.10. The maximum Gasteiger partial charge on any atom is 0.127 e. The van der Waals surface area contributed by atoms with Crippen molar-refractivity contribution in [1.82, 2.24) is 5.32 Å². The third kappa shape index (κ3) is 3.11. The van der Waals surface area contributed by atoms with Crippen molar-refractivity contribution in [2.24, 2.45) is 5.92 Å². The van der Waals surface area contributed by atoms with Crippen molar-refractivity contribution in [3.8, 4) is 5.75 Å². The second-order valence-electron chi connectivity index (χ2n) is 5.54. The normalized spacial score (nSPS) is 15.4. The van der Waals surface area contributed by atoms with Crippen LogP contribution in [0.5, 0.6) is 5.75 Å². The molecule has 19 heavy (non-hydrogen) atoms. The lowest BCUT2D eigenvalue weighted by Gasteiger charge is -2.28. The third-order valence-electron chi connectivity index (χ3n) is 4.18. The van der Waals surface area contributed by atoms with Gasteiger partial charge in [-0.2, -0.15) is 0 Å². The highest BCUT2D eigenvalue weighted by atomic mass is 16.5. The van der Waals surface area contributed by atoms with Crippen LogP contribution in [0.1, 0.15) is 56.7 Å². The molecule has 0 saturated heterocycles. The number of hydrogen-bond acceptors (Lipinski definition) is 2. The molecular weight excluding hydrogens is 234 g/mol. The molecule has 2 rings (SSSR count). The van der Waals surface area contributed by atoms with Gasteiger partial charge in [0.2, 0.25) is 0 Å². The molecular formula is C17H27NO. The van der Waals surface area contributed by atoms with E-state index < -0.39 is 0 Å². The lowest BCUT2D eigenvalue weighted by atomic mass is 9.85. The van der Waals surface area contributed by atoms with E-state index in [1.54, 1.807) is 0 Å². The van der Waals surface area contributed by atoms with Crippen LogP contribution in [-0.2, 0) is 6.42 Å². The summed E-state index contributed by atoms with van der Waals surface area (Å²) in [4.78, 5) is 0. The molecule has 106 valence electrons. The van der Waals surface area contributed by atoms with Crippen molar-refractivity contribution in [3.63, 3.8) is 0 Å². The summed E-state index contributed by atoms with van der Waals surface area (Å²) in [5.41, 5.74) is 2.74. The maximum absolute atomic E-state index is 5.88. The molecule has 1 atom stereocenters. The van der Waals surface area contributed by atoms with Gasteiger partial charge in [-0.05, 0) is 31.4 Å². The van der Waals surface area contributed by atoms with Crippen LogP contribution in [0.4, 0.5) is 0 Å². The molecule has 0 radical (unpaired) electrons. The summed E-state index contributed by atoms with van der Waals surface area (Å²) in [6.07, 6.45) is 6.12. The Morgan fingerprint density at radius 2 is 1.95 bits per heavy atom. The number of ether oxygens (including phenoxy) is 1. The molecule has 1 aromatic rings. The summed E-state index contributed by atoms with van der Waals surface area (Å²) in [5, 5.41) is 3.54. The van der Waals surface area contributed by atoms with Gasteiger partial charge in [0.05, 0.1) is 6.61 Å². The predicted molar refractivity (Wildman–Crippen MR) is 80.7 cm³/mol. The first-order valence-electron chi connectivity index (χ1n) is 7.73. The highest BCUT2D eigenvalue weighted by molar-refractivity contribution is 5.45. The Balaban J connectivity index is 2.27. The number of para-hydroxylation sites is 1. The topological polar surface area (TPSA) is 21.3 Å². The van der Waals surface area contributed by atoms with Gasteiger partial charge in [-0.15, -0.1) is 0 Å². The lowest BCUT2D eigenvalue weighted by molar-refractivity contribution is 0.309. The molecule has 2 heteroatoms. The van der Waals surface area contributed by atoms with Crippen LogP contribution in [0.15, 0.2) is 18.2 Å². The van der Waals surface area contributed by atoms with Gasteiger partial charge in [0.15, 0.2) is 0 Å². The van der Waals surface area contributed by atoms with E-state index in [0.717, 1.165) is 18.8 Å². The zero-order valence-electron chi connectivity index (χ0n) is 12.5. The van der Waals surface area contributed by atoms with Crippen LogP contribution >= 0.6 is 0 Å². The van der Waals surface area contributed by atoms with Crippen LogP contribution in [0, 0.1) is 5.92 Å². The van der Waals surface area contributed by atoms with Gasteiger partial charge >= 0.3 is 0 Å². The number of benzene rings is 1. The van der Waals surface area contributed by atoms with Crippen molar-refractivity contribution >= 4 is 0 Å². The monoisotopic (exact) mass is 261 g/mol. The summed E-state index contributed by atoms with van der Waals surface area (Å²) in [5.74, 6) is 1.86. The Labute approximate surface area is 117 Å². The molecule has 0 bridgehead atoms. The minimum Gasteiger partial charge on any atom is -0.493 e. The Bertz CT molecular complexity index is 396. The molecule has 1 aromatic carbocycles. The first-order valence-corrected chi connectivity index (χ1v) is 7.73. The second-order valence-corrected chi connectivity index (χ2v) is 5.54. The van der Waals surface area contributed by atoms with Crippen LogP contribution in [0.2, 0.25) is 0 Å². The quantitative estimate of drug-likeness (QED) is 0.798. The Morgan fingerprint density at radius 1 is 1.21 bits per heavy atom. The van der Waals surface area contributed by atoms with Crippen molar-refractivity contribution in [3.05, 3.63) is 29.3 Å². The third-order valence-corrected chi connectivity index (χ3v) is 4.18. The molecule has 0 spiro atoms. The highest BCUT2D eigenvalue weighted by Gasteiger charge is 2.26. The number of rotatable bonds is 7. The molecule has 1 N–H and O–H groups in total. The number of fused-ring (bicyclic) bond motifs is 1. The van der Waals surface area contributed by atoms with Crippen LogP contribution in [0.3, 0.4) is 0 Å². The van der Waals surface area contributed by atoms with E-state index in [-0.39, 0.29) is 0 Å². The van der Waals surface area contributed by atoms with Crippen molar-refractivity contribution < 1.29 is 4.74 Å². The molecule has 1 heterocycles. The van der Waals surface area contributed by atoms with E-state index in [4.69, 9.17) is 4.74 Å². The number of hydrogen-bond donors (Lipinski definition) is 1. The highest BCUT2D eigenvalue weighted by Crippen LogP contribution is 2.38. The Morgan fingerprint density at radius 3 is 2.58 bits per heavy atom. The Hall–Kier alpha value is -1.02. The number of nitrogens with one attached hydrogen (secondary N) is 1. The van der Waals surface area contributed by atoms with Gasteiger partial charge < -0.3 is 10.1 Å². The second kappa shape index (κ2) is 6.95. The van der Waals surface area contributed by atoms with E-state index in [1.165, 1.54) is 36.8 Å². The molecule has 0 fully saturated rings. The summed E-state index contributed by atoms with van der Waals surface area (Å²) in [6, 6.07) is 7.05. The lowest BCUT2D eigenvalue weighted by Crippen LogP contribution is -2.25. The summed E-state index contributed by atoms with van der Waals surface area (Å²) in [6.45, 7) is 5.40. The van der Waals surface area contributed by atoms with E-state index in [1.807, 2.05) is 0 Å². The zero-order valence-corrected chi connectivity index (χ0v) is 12.5. The van der Waals surface area contributed by atoms with Crippen LogP contribution in [0.25, 0.3) is 0 Å². The first-order chi connectivity index (χ1) is 9.31. The van der Waals surface area contributed by atoms with Crippen LogP contribution in [-0.4, -0.2) is 13.7 Å². The van der Waals surface area contributed by atoms with Crippen molar-refractivity contribution in [2.75, 3.05) is 13.7 Å². The van der Waals surface area contributed by atoms with E-state index in [9.17, 15) is 0 Å². The largest absolute Gasteiger partial charge is 0.493 e. The molecule has 0 aromatic heterocycles. The molecule has 0 aliphatic carbocycles. The smallest absolute Gasteiger partial charge is 0.127 e. The standard InChI is InChI=1S/C17H27NO/c1-4-7-13(8-5-2)16(18-3)15-10-6-9-14-11-12-19-17(14)15/h6,9-10,13,16,18H,4-5,7-8,11-12H2,1-3H3. The average molecular weight is 261 g/mol. The van der Waals surface area contributed by atoms with Gasteiger partial charge in [0.25, 0.3) is 0 Å². The van der Waals surface area contributed by atoms with Gasteiger partial charge in [0, 0.05) is 18.0 Å². The molecule has 1 aliphatic heterocycles. The fraction of sp³-hybridized carbons (Fsp3) is 0.647. The van der Waals surface area contributed by atoms with Gasteiger partial charge in [-0.1, -0.05) is 44.9 Å². The zero-order chi connectivity index (χ0) is 13.7. The average Bonchev–Trinajstić information content (AvgIpc) is 2.89. The minimum atomic E-state index is 0.424. The van der Waals surface area contributed by atoms with Crippen LogP contribution < -0.4 is 10.1 Å². The minimum absolute atomic E-state index is 0.424. The van der Waals surface area contributed by atoms with Crippen molar-refractivity contribution in [1.29, 1.82) is 0 Å². The van der Waals surface area contributed by atoms with Gasteiger partial charge in [0.1, 0.15) is 5.75 Å². The Kier molecular flexibility index (Phi) is 5.26. The maximum atomic E-state index is 5.88. The van der Waals surface area contributed by atoms with Gasteiger partial charge in [-0.3, -0.25) is 0 Å². The summed E-state index contributed by atoms with van der Waals surface area (Å²) in [7, 11) is 2.08. The molecule has 0 saturated carbocycles. The first kappa shape index (κ1) is 14.4. The van der Waals surface area contributed by atoms with Crippen molar-refractivity contribution in [2.45, 2.75) is 52.0 Å². The van der Waals surface area contributed by atoms with E-state index in [0.29, 0.717) is 12.0 Å². The summed E-state index contributed by atoms with van der Waals surface area (Å²) >= 11 is 0. The fourth-order valence-corrected chi connectivity index (χ4v) is 3.35. The SMILES string of the molecule is CCCC(CCC)C(NC)c1cccc2c1OCC2. The molecule has 0 amide bonds. The fourth-order valence-electron chi connectivity index (χ4n) is 3.35. The van der Waals surface area contributed by atoms with E-state index in [2.05, 4.69) is 44.4 Å². The van der Waals surface area contributed by atoms with E-state index >= 15 is 0 Å². The summed E-state index contributed by atoms with van der Waals surface area (Å²) < 4.78 is 5.88. The van der Waals surface area contributed by atoms with Gasteiger partial charge in [-0.25, -0.2) is 0 Å².